The zero-order valence-electron chi connectivity index (χ0n) is 17.9. The Morgan fingerprint density at radius 2 is 1.81 bits per heavy atom. The summed E-state index contributed by atoms with van der Waals surface area (Å²) in [6, 6.07) is 13.3. The second-order valence-corrected chi connectivity index (χ2v) is 8.69. The van der Waals surface area contributed by atoms with Gasteiger partial charge in [0.05, 0.1) is 35.9 Å². The molecule has 0 unspecified atom stereocenters. The number of rotatable bonds is 6. The first kappa shape index (κ1) is 21.4. The normalized spacial score (nSPS) is 13.9. The first-order chi connectivity index (χ1) is 15.0. The number of methoxy groups -OCH3 is 1. The number of anilines is 1. The average Bonchev–Trinajstić information content (AvgIpc) is 3.36. The number of hydrogen-bond donors (Lipinski definition) is 1. The number of carbonyl (C=O) groups is 1. The Labute approximate surface area is 190 Å². The predicted octanol–water partition coefficient (Wildman–Crippen LogP) is 5.83. The molecular formula is C24H26BrN3O3. The minimum atomic E-state index is -0.199. The topological polar surface area (TPSA) is 65.4 Å². The highest BCUT2D eigenvalue weighted by Gasteiger charge is 2.22. The van der Waals surface area contributed by atoms with Crippen molar-refractivity contribution in [1.82, 2.24) is 9.78 Å². The van der Waals surface area contributed by atoms with E-state index >= 15 is 0 Å². The van der Waals surface area contributed by atoms with Crippen LogP contribution in [0.5, 0.6) is 11.5 Å². The third-order valence-electron chi connectivity index (χ3n) is 5.61. The first-order valence-electron chi connectivity index (χ1n) is 10.4. The van der Waals surface area contributed by atoms with Gasteiger partial charge in [-0.25, -0.2) is 4.68 Å². The van der Waals surface area contributed by atoms with Crippen LogP contribution < -0.4 is 14.8 Å². The summed E-state index contributed by atoms with van der Waals surface area (Å²) in [5.74, 6) is 1.13. The molecule has 1 saturated carbocycles. The second kappa shape index (κ2) is 9.14. The van der Waals surface area contributed by atoms with E-state index < -0.39 is 0 Å². The number of carbonyl (C=O) groups excluding carboxylic acids is 1. The Hall–Kier alpha value is -2.80. The number of halogens is 1. The van der Waals surface area contributed by atoms with Crippen LogP contribution in [0.2, 0.25) is 0 Å². The Morgan fingerprint density at radius 1 is 1.10 bits per heavy atom. The molecule has 1 N–H and O–H groups in total. The van der Waals surface area contributed by atoms with Crippen molar-refractivity contribution in [2.24, 2.45) is 0 Å². The molecule has 31 heavy (non-hydrogen) atoms. The number of nitrogens with zero attached hydrogens (tertiary/aromatic N) is 2. The quantitative estimate of drug-likeness (QED) is 0.478. The molecule has 0 radical (unpaired) electrons. The lowest BCUT2D eigenvalue weighted by molar-refractivity contribution is 0.102. The van der Waals surface area contributed by atoms with Crippen LogP contribution in [0.1, 0.15) is 47.4 Å². The van der Waals surface area contributed by atoms with Crippen molar-refractivity contribution in [1.29, 1.82) is 0 Å². The summed E-state index contributed by atoms with van der Waals surface area (Å²) >= 11 is 3.45. The molecule has 3 aromatic rings. The number of benzene rings is 2. The molecular weight excluding hydrogens is 458 g/mol. The maximum Gasteiger partial charge on any atom is 0.259 e. The highest BCUT2D eigenvalue weighted by Crippen LogP contribution is 2.34. The molecule has 0 bridgehead atoms. The minimum absolute atomic E-state index is 0.199. The van der Waals surface area contributed by atoms with E-state index in [1.807, 2.05) is 56.3 Å². The van der Waals surface area contributed by atoms with Gasteiger partial charge in [-0.05, 0) is 75.9 Å². The van der Waals surface area contributed by atoms with Gasteiger partial charge in [0.25, 0.3) is 5.91 Å². The lowest BCUT2D eigenvalue weighted by Gasteiger charge is -2.17. The van der Waals surface area contributed by atoms with Crippen molar-refractivity contribution >= 4 is 27.5 Å². The van der Waals surface area contributed by atoms with Crippen molar-refractivity contribution in [2.45, 2.75) is 45.6 Å². The van der Waals surface area contributed by atoms with Gasteiger partial charge in [-0.15, -0.1) is 0 Å². The average molecular weight is 484 g/mol. The van der Waals surface area contributed by atoms with Gasteiger partial charge in [0, 0.05) is 16.2 Å². The molecule has 0 aliphatic heterocycles. The van der Waals surface area contributed by atoms with Crippen molar-refractivity contribution < 1.29 is 14.3 Å². The summed E-state index contributed by atoms with van der Waals surface area (Å²) in [4.78, 5) is 13.1. The lowest BCUT2D eigenvalue weighted by Crippen LogP contribution is -2.15. The van der Waals surface area contributed by atoms with Gasteiger partial charge >= 0.3 is 0 Å². The van der Waals surface area contributed by atoms with E-state index in [-0.39, 0.29) is 12.0 Å². The van der Waals surface area contributed by atoms with Gasteiger partial charge in [-0.2, -0.15) is 5.10 Å². The van der Waals surface area contributed by atoms with Gasteiger partial charge in [0.1, 0.15) is 0 Å². The first-order valence-corrected chi connectivity index (χ1v) is 11.2. The molecule has 1 aliphatic carbocycles. The molecule has 0 spiro atoms. The maximum atomic E-state index is 13.1. The van der Waals surface area contributed by atoms with E-state index in [9.17, 15) is 4.79 Å². The second-order valence-electron chi connectivity index (χ2n) is 7.78. The van der Waals surface area contributed by atoms with E-state index in [4.69, 9.17) is 9.47 Å². The molecule has 6 nitrogen and oxygen atoms in total. The fraction of sp³-hybridized carbons (Fsp3) is 0.333. The van der Waals surface area contributed by atoms with Gasteiger partial charge < -0.3 is 14.8 Å². The van der Waals surface area contributed by atoms with E-state index in [1.54, 1.807) is 11.8 Å². The molecule has 7 heteroatoms. The Balaban J connectivity index is 1.57. The fourth-order valence-corrected chi connectivity index (χ4v) is 4.30. The molecule has 0 saturated heterocycles. The number of amides is 1. The largest absolute Gasteiger partial charge is 0.493 e. The third-order valence-corrected chi connectivity index (χ3v) is 6.14. The standard InChI is InChI=1S/C24H26BrN3O3/c1-15-23(16(2)28(27-15)19-11-8-17(25)9-12-19)24(29)26-18-10-13-21(30-3)22(14-18)31-20-6-4-5-7-20/h8-14,20H,4-7H2,1-3H3,(H,26,29). The number of aromatic nitrogens is 2. The summed E-state index contributed by atoms with van der Waals surface area (Å²) in [5.41, 5.74) is 3.59. The molecule has 162 valence electrons. The summed E-state index contributed by atoms with van der Waals surface area (Å²) in [7, 11) is 1.62. The number of nitrogens with one attached hydrogen (secondary N) is 1. The smallest absolute Gasteiger partial charge is 0.259 e. The van der Waals surface area contributed by atoms with Crippen LogP contribution in [0.15, 0.2) is 46.9 Å². The van der Waals surface area contributed by atoms with E-state index in [2.05, 4.69) is 26.3 Å². The van der Waals surface area contributed by atoms with Gasteiger partial charge in [0.2, 0.25) is 0 Å². The third kappa shape index (κ3) is 4.61. The van der Waals surface area contributed by atoms with Crippen LogP contribution >= 0.6 is 15.9 Å². The van der Waals surface area contributed by atoms with Gasteiger partial charge in [-0.3, -0.25) is 4.79 Å². The van der Waals surface area contributed by atoms with Crippen LogP contribution in [0.3, 0.4) is 0 Å². The summed E-state index contributed by atoms with van der Waals surface area (Å²) in [6.07, 6.45) is 4.67. The molecule has 2 aromatic carbocycles. The summed E-state index contributed by atoms with van der Waals surface area (Å²) < 4.78 is 14.4. The van der Waals surface area contributed by atoms with E-state index in [0.717, 1.165) is 28.7 Å². The van der Waals surface area contributed by atoms with Crippen molar-refractivity contribution in [3.63, 3.8) is 0 Å². The highest BCUT2D eigenvalue weighted by molar-refractivity contribution is 9.10. The van der Waals surface area contributed by atoms with Crippen LogP contribution in [0, 0.1) is 13.8 Å². The number of hydrogen-bond acceptors (Lipinski definition) is 4. The van der Waals surface area contributed by atoms with Crippen molar-refractivity contribution in [3.05, 3.63) is 63.9 Å². The van der Waals surface area contributed by atoms with E-state index in [1.165, 1.54) is 12.8 Å². The molecule has 1 aliphatic rings. The monoisotopic (exact) mass is 483 g/mol. The molecule has 4 rings (SSSR count). The number of aryl methyl sites for hydroxylation is 1. The SMILES string of the molecule is COc1ccc(NC(=O)c2c(C)nn(-c3ccc(Br)cc3)c2C)cc1OC1CCCC1. The van der Waals surface area contributed by atoms with Gasteiger partial charge in [-0.1, -0.05) is 15.9 Å². The van der Waals surface area contributed by atoms with Gasteiger partial charge in [0.15, 0.2) is 11.5 Å². The maximum absolute atomic E-state index is 13.1. The Kier molecular flexibility index (Phi) is 6.32. The molecule has 1 heterocycles. The Morgan fingerprint density at radius 3 is 2.48 bits per heavy atom. The van der Waals surface area contributed by atoms with Crippen LogP contribution in [-0.4, -0.2) is 28.9 Å². The van der Waals surface area contributed by atoms with Crippen LogP contribution in [0.25, 0.3) is 5.69 Å². The summed E-state index contributed by atoms with van der Waals surface area (Å²) in [5, 5.41) is 7.58. The molecule has 0 atom stereocenters. The van der Waals surface area contributed by atoms with Crippen molar-refractivity contribution in [2.75, 3.05) is 12.4 Å². The Bertz CT molecular complexity index is 1090. The lowest BCUT2D eigenvalue weighted by atomic mass is 10.1. The van der Waals surface area contributed by atoms with Crippen LogP contribution in [-0.2, 0) is 0 Å². The molecule has 1 fully saturated rings. The van der Waals surface area contributed by atoms with Crippen LogP contribution in [0.4, 0.5) is 5.69 Å². The molecule has 1 aromatic heterocycles. The molecule has 1 amide bonds. The number of ether oxygens (including phenoxy) is 2. The van der Waals surface area contributed by atoms with Crippen molar-refractivity contribution in [3.8, 4) is 17.2 Å². The minimum Gasteiger partial charge on any atom is -0.493 e. The highest BCUT2D eigenvalue weighted by atomic mass is 79.9. The van der Waals surface area contributed by atoms with E-state index in [0.29, 0.717) is 28.4 Å². The predicted molar refractivity (Wildman–Crippen MR) is 125 cm³/mol. The zero-order valence-corrected chi connectivity index (χ0v) is 19.5. The fourth-order valence-electron chi connectivity index (χ4n) is 4.03. The summed E-state index contributed by atoms with van der Waals surface area (Å²) in [6.45, 7) is 3.75. The zero-order chi connectivity index (χ0) is 22.0.